The normalized spacial score (nSPS) is 12.0. The van der Waals surface area contributed by atoms with Crippen molar-refractivity contribution in [2.24, 2.45) is 0 Å². The molecule has 0 fully saturated rings. The molecular formula is C18H20F2N2O. The van der Waals surface area contributed by atoms with Crippen molar-refractivity contribution in [2.45, 2.75) is 19.0 Å². The summed E-state index contributed by atoms with van der Waals surface area (Å²) in [6.45, 7) is 0.273. The molecule has 1 atom stereocenters. The number of nitrogens with zero attached hydrogens (tertiary/aromatic N) is 1. The summed E-state index contributed by atoms with van der Waals surface area (Å²) >= 11 is 0. The third kappa shape index (κ3) is 5.14. The number of carbonyl (C=O) groups is 1. The van der Waals surface area contributed by atoms with Crippen LogP contribution in [0.25, 0.3) is 0 Å². The lowest BCUT2D eigenvalue weighted by Crippen LogP contribution is -2.29. The molecule has 0 aliphatic heterocycles. The van der Waals surface area contributed by atoms with Crippen LogP contribution in [0.5, 0.6) is 0 Å². The van der Waals surface area contributed by atoms with Crippen LogP contribution >= 0.6 is 0 Å². The summed E-state index contributed by atoms with van der Waals surface area (Å²) in [6, 6.07) is 12.7. The minimum Gasteiger partial charge on any atom is -0.349 e. The number of rotatable bonds is 6. The first-order valence-corrected chi connectivity index (χ1v) is 7.39. The highest BCUT2D eigenvalue weighted by Crippen LogP contribution is 2.18. The van der Waals surface area contributed by atoms with Gasteiger partial charge in [0.2, 0.25) is 5.91 Å². The number of halogens is 2. The summed E-state index contributed by atoms with van der Waals surface area (Å²) in [5.74, 6) is -1.23. The maximum atomic E-state index is 13.3. The van der Waals surface area contributed by atoms with E-state index in [1.165, 1.54) is 17.0 Å². The smallest absolute Gasteiger partial charge is 0.223 e. The highest BCUT2D eigenvalue weighted by molar-refractivity contribution is 5.76. The molecule has 0 aliphatic rings. The van der Waals surface area contributed by atoms with Crippen LogP contribution in [0.15, 0.2) is 48.5 Å². The standard InChI is InChI=1S/C18H20F2N2O/c1-22(2)18(23)11-17(14-6-4-3-5-7-14)21-12-13-8-15(19)10-16(20)9-13/h3-10,17,21H,11-12H2,1-2H3/t17-/m0/s1. The van der Waals surface area contributed by atoms with Crippen LogP contribution in [0, 0.1) is 11.6 Å². The predicted octanol–water partition coefficient (Wildman–Crippen LogP) is 3.27. The first-order chi connectivity index (χ1) is 11.0. The molecule has 0 saturated carbocycles. The highest BCUT2D eigenvalue weighted by atomic mass is 19.1. The number of amides is 1. The quantitative estimate of drug-likeness (QED) is 0.886. The van der Waals surface area contributed by atoms with Gasteiger partial charge in [0.05, 0.1) is 0 Å². The molecule has 0 unspecified atom stereocenters. The van der Waals surface area contributed by atoms with E-state index in [-0.39, 0.29) is 24.9 Å². The Morgan fingerprint density at radius 2 is 1.70 bits per heavy atom. The minimum atomic E-state index is -0.609. The van der Waals surface area contributed by atoms with Gasteiger partial charge in [-0.3, -0.25) is 4.79 Å². The average Bonchev–Trinajstić information content (AvgIpc) is 2.51. The van der Waals surface area contributed by atoms with Gasteiger partial charge < -0.3 is 10.2 Å². The third-order valence-electron chi connectivity index (χ3n) is 3.55. The van der Waals surface area contributed by atoms with E-state index in [9.17, 15) is 13.6 Å². The summed E-state index contributed by atoms with van der Waals surface area (Å²) in [7, 11) is 3.40. The van der Waals surface area contributed by atoms with Gasteiger partial charge in [0.15, 0.2) is 0 Å². The SMILES string of the molecule is CN(C)C(=O)C[C@H](NCc1cc(F)cc(F)c1)c1ccccc1. The maximum Gasteiger partial charge on any atom is 0.223 e. The van der Waals surface area contributed by atoms with E-state index < -0.39 is 11.6 Å². The zero-order valence-corrected chi connectivity index (χ0v) is 13.2. The second-order valence-corrected chi connectivity index (χ2v) is 5.61. The fraction of sp³-hybridized carbons (Fsp3) is 0.278. The van der Waals surface area contributed by atoms with Crippen molar-refractivity contribution in [1.82, 2.24) is 10.2 Å². The van der Waals surface area contributed by atoms with Gasteiger partial charge in [-0.2, -0.15) is 0 Å². The van der Waals surface area contributed by atoms with E-state index in [1.54, 1.807) is 14.1 Å². The van der Waals surface area contributed by atoms with Gasteiger partial charge in [0.25, 0.3) is 0 Å². The second kappa shape index (κ2) is 7.83. The van der Waals surface area contributed by atoms with Crippen molar-refractivity contribution in [3.05, 3.63) is 71.3 Å². The van der Waals surface area contributed by atoms with E-state index in [4.69, 9.17) is 0 Å². The first-order valence-electron chi connectivity index (χ1n) is 7.39. The molecule has 0 radical (unpaired) electrons. The molecule has 23 heavy (non-hydrogen) atoms. The molecule has 0 aliphatic carbocycles. The Hall–Kier alpha value is -2.27. The van der Waals surface area contributed by atoms with Crippen LogP contribution in [0.2, 0.25) is 0 Å². The molecule has 0 saturated heterocycles. The van der Waals surface area contributed by atoms with Crippen molar-refractivity contribution < 1.29 is 13.6 Å². The summed E-state index contributed by atoms with van der Waals surface area (Å²) < 4.78 is 26.5. The number of carbonyl (C=O) groups excluding carboxylic acids is 1. The van der Waals surface area contributed by atoms with Crippen LogP contribution in [-0.4, -0.2) is 24.9 Å². The van der Waals surface area contributed by atoms with Gasteiger partial charge in [-0.1, -0.05) is 30.3 Å². The van der Waals surface area contributed by atoms with Crippen molar-refractivity contribution in [2.75, 3.05) is 14.1 Å². The van der Waals surface area contributed by atoms with Gasteiger partial charge in [-0.25, -0.2) is 8.78 Å². The summed E-state index contributed by atoms with van der Waals surface area (Å²) in [4.78, 5) is 13.5. The Morgan fingerprint density at radius 3 is 2.26 bits per heavy atom. The molecule has 0 heterocycles. The molecule has 2 rings (SSSR count). The molecule has 0 spiro atoms. The predicted molar refractivity (Wildman–Crippen MR) is 85.7 cm³/mol. The van der Waals surface area contributed by atoms with Crippen LogP contribution in [0.3, 0.4) is 0 Å². The fourth-order valence-electron chi connectivity index (χ4n) is 2.30. The lowest BCUT2D eigenvalue weighted by Gasteiger charge is -2.21. The number of hydrogen-bond donors (Lipinski definition) is 1. The van der Waals surface area contributed by atoms with Crippen molar-refractivity contribution in [1.29, 1.82) is 0 Å². The number of hydrogen-bond acceptors (Lipinski definition) is 2. The molecule has 1 N–H and O–H groups in total. The van der Waals surface area contributed by atoms with Gasteiger partial charge in [0.1, 0.15) is 11.6 Å². The highest BCUT2D eigenvalue weighted by Gasteiger charge is 2.17. The molecule has 1 amide bonds. The van der Waals surface area contributed by atoms with E-state index in [0.29, 0.717) is 5.56 Å². The molecule has 2 aromatic carbocycles. The largest absolute Gasteiger partial charge is 0.349 e. The topological polar surface area (TPSA) is 32.3 Å². The molecule has 122 valence electrons. The van der Waals surface area contributed by atoms with Crippen LogP contribution in [0.4, 0.5) is 8.78 Å². The monoisotopic (exact) mass is 318 g/mol. The Labute approximate surface area is 134 Å². The zero-order chi connectivity index (χ0) is 16.8. The number of nitrogens with one attached hydrogen (secondary N) is 1. The Kier molecular flexibility index (Phi) is 5.82. The van der Waals surface area contributed by atoms with Gasteiger partial charge in [0, 0.05) is 39.2 Å². The lowest BCUT2D eigenvalue weighted by molar-refractivity contribution is -0.129. The van der Waals surface area contributed by atoms with Crippen molar-refractivity contribution >= 4 is 5.91 Å². The molecule has 0 aromatic heterocycles. The van der Waals surface area contributed by atoms with E-state index in [0.717, 1.165) is 11.6 Å². The second-order valence-electron chi connectivity index (χ2n) is 5.61. The number of benzene rings is 2. The van der Waals surface area contributed by atoms with Crippen LogP contribution in [0.1, 0.15) is 23.6 Å². The lowest BCUT2D eigenvalue weighted by atomic mass is 10.0. The molecular weight excluding hydrogens is 298 g/mol. The van der Waals surface area contributed by atoms with E-state index in [2.05, 4.69) is 5.32 Å². The van der Waals surface area contributed by atoms with Crippen LogP contribution < -0.4 is 5.32 Å². The van der Waals surface area contributed by atoms with E-state index >= 15 is 0 Å². The van der Waals surface area contributed by atoms with Gasteiger partial charge >= 0.3 is 0 Å². The first kappa shape index (κ1) is 17.1. The minimum absolute atomic E-state index is 0.0169. The molecule has 2 aromatic rings. The summed E-state index contributed by atoms with van der Waals surface area (Å²) in [5, 5.41) is 3.21. The third-order valence-corrected chi connectivity index (χ3v) is 3.55. The molecule has 5 heteroatoms. The molecule has 0 bridgehead atoms. The zero-order valence-electron chi connectivity index (χ0n) is 13.2. The fourth-order valence-corrected chi connectivity index (χ4v) is 2.30. The Bertz CT molecular complexity index is 639. The maximum absolute atomic E-state index is 13.3. The molecule has 3 nitrogen and oxygen atoms in total. The van der Waals surface area contributed by atoms with Crippen LogP contribution in [-0.2, 0) is 11.3 Å². The Morgan fingerprint density at radius 1 is 1.09 bits per heavy atom. The summed E-state index contributed by atoms with van der Waals surface area (Å²) in [5.41, 5.74) is 1.46. The van der Waals surface area contributed by atoms with E-state index in [1.807, 2.05) is 30.3 Å². The Balaban J connectivity index is 2.12. The van der Waals surface area contributed by atoms with Gasteiger partial charge in [-0.15, -0.1) is 0 Å². The van der Waals surface area contributed by atoms with Gasteiger partial charge in [-0.05, 0) is 23.3 Å². The average molecular weight is 318 g/mol. The van der Waals surface area contributed by atoms with Crippen molar-refractivity contribution in [3.63, 3.8) is 0 Å². The van der Waals surface area contributed by atoms with Crippen molar-refractivity contribution in [3.8, 4) is 0 Å². The summed E-state index contributed by atoms with van der Waals surface area (Å²) in [6.07, 6.45) is 0.273.